The number of guanidine groups is 1. The summed E-state index contributed by atoms with van der Waals surface area (Å²) in [6, 6.07) is 5.03. The molecule has 1 aromatic carbocycles. The Hall–Kier alpha value is -2.09. The van der Waals surface area contributed by atoms with E-state index < -0.39 is 6.61 Å². The van der Waals surface area contributed by atoms with Crippen LogP contribution in [0.5, 0.6) is 11.5 Å². The van der Waals surface area contributed by atoms with Crippen molar-refractivity contribution in [2.75, 3.05) is 47.0 Å². The first kappa shape index (κ1) is 22.2. The molecule has 2 rings (SSSR count). The lowest BCUT2D eigenvalue weighted by atomic mass is 10.1. The Kier molecular flexibility index (Phi) is 9.27. The van der Waals surface area contributed by atoms with E-state index in [1.54, 1.807) is 12.1 Å². The Morgan fingerprint density at radius 2 is 2.11 bits per heavy atom. The molecule has 0 atom stereocenters. The molecule has 1 aliphatic carbocycles. The van der Waals surface area contributed by atoms with Crippen molar-refractivity contribution < 1.29 is 23.0 Å². The lowest BCUT2D eigenvalue weighted by Crippen LogP contribution is -2.40. The first-order chi connectivity index (χ1) is 13.5. The Morgan fingerprint density at radius 1 is 1.32 bits per heavy atom. The SMILES string of the molecule is CCNC(=NCCc1ccc(OC)c(OC(F)F)c1)N(C)CCOCC1CC1. The number of hydrogen-bond donors (Lipinski definition) is 1. The molecule has 1 saturated carbocycles. The van der Waals surface area contributed by atoms with Crippen LogP contribution < -0.4 is 14.8 Å². The van der Waals surface area contributed by atoms with Gasteiger partial charge in [-0.2, -0.15) is 8.78 Å². The van der Waals surface area contributed by atoms with E-state index in [-0.39, 0.29) is 11.5 Å². The fraction of sp³-hybridized carbons (Fsp3) is 0.650. The third kappa shape index (κ3) is 7.88. The van der Waals surface area contributed by atoms with Gasteiger partial charge in [0, 0.05) is 33.3 Å². The zero-order valence-electron chi connectivity index (χ0n) is 16.9. The highest BCUT2D eigenvalue weighted by Gasteiger charge is 2.21. The summed E-state index contributed by atoms with van der Waals surface area (Å²) in [5, 5.41) is 3.26. The summed E-state index contributed by atoms with van der Waals surface area (Å²) in [5.41, 5.74) is 0.853. The predicted octanol–water partition coefficient (Wildman–Crippen LogP) is 3.16. The molecule has 0 amide bonds. The second kappa shape index (κ2) is 11.7. The Balaban J connectivity index is 1.87. The topological polar surface area (TPSA) is 55.3 Å². The van der Waals surface area contributed by atoms with E-state index in [9.17, 15) is 8.78 Å². The summed E-state index contributed by atoms with van der Waals surface area (Å²) in [5.74, 6) is 1.88. The van der Waals surface area contributed by atoms with Crippen LogP contribution in [-0.2, 0) is 11.2 Å². The second-order valence-corrected chi connectivity index (χ2v) is 6.79. The molecule has 1 N–H and O–H groups in total. The van der Waals surface area contributed by atoms with Gasteiger partial charge in [-0.3, -0.25) is 4.99 Å². The summed E-state index contributed by atoms with van der Waals surface area (Å²) in [4.78, 5) is 6.66. The molecular weight excluding hydrogens is 368 g/mol. The maximum atomic E-state index is 12.6. The number of likely N-dealkylation sites (N-methyl/N-ethyl adjacent to an activating group) is 1. The number of alkyl halides is 2. The second-order valence-electron chi connectivity index (χ2n) is 6.79. The number of methoxy groups -OCH3 is 1. The molecule has 0 aromatic heterocycles. The lowest BCUT2D eigenvalue weighted by Gasteiger charge is -2.22. The van der Waals surface area contributed by atoms with Crippen LogP contribution in [0.4, 0.5) is 8.78 Å². The number of halogens is 2. The van der Waals surface area contributed by atoms with Gasteiger partial charge in [0.25, 0.3) is 0 Å². The minimum atomic E-state index is -2.89. The fourth-order valence-electron chi connectivity index (χ4n) is 2.67. The molecule has 0 unspecified atom stereocenters. The molecule has 158 valence electrons. The minimum absolute atomic E-state index is 0.0378. The first-order valence-electron chi connectivity index (χ1n) is 9.72. The lowest BCUT2D eigenvalue weighted by molar-refractivity contribution is -0.0512. The fourth-order valence-corrected chi connectivity index (χ4v) is 2.67. The van der Waals surface area contributed by atoms with Gasteiger partial charge in [-0.05, 0) is 49.8 Å². The average Bonchev–Trinajstić information content (AvgIpc) is 3.48. The molecular formula is C20H31F2N3O3. The first-order valence-corrected chi connectivity index (χ1v) is 9.72. The number of nitrogens with zero attached hydrogens (tertiary/aromatic N) is 2. The highest BCUT2D eigenvalue weighted by atomic mass is 19.3. The van der Waals surface area contributed by atoms with Gasteiger partial charge < -0.3 is 24.4 Å². The van der Waals surface area contributed by atoms with Gasteiger partial charge in [-0.1, -0.05) is 6.07 Å². The van der Waals surface area contributed by atoms with Crippen molar-refractivity contribution in [1.29, 1.82) is 0 Å². The number of benzene rings is 1. The van der Waals surface area contributed by atoms with Crippen molar-refractivity contribution in [3.8, 4) is 11.5 Å². The van der Waals surface area contributed by atoms with Crippen LogP contribution in [0.15, 0.2) is 23.2 Å². The molecule has 1 fully saturated rings. The van der Waals surface area contributed by atoms with Crippen molar-refractivity contribution in [1.82, 2.24) is 10.2 Å². The van der Waals surface area contributed by atoms with Gasteiger partial charge >= 0.3 is 6.61 Å². The van der Waals surface area contributed by atoms with Crippen LogP contribution in [0.3, 0.4) is 0 Å². The molecule has 6 nitrogen and oxygen atoms in total. The zero-order chi connectivity index (χ0) is 20.4. The minimum Gasteiger partial charge on any atom is -0.493 e. The number of aliphatic imine (C=N–C) groups is 1. The summed E-state index contributed by atoms with van der Waals surface area (Å²) >= 11 is 0. The van der Waals surface area contributed by atoms with Crippen LogP contribution >= 0.6 is 0 Å². The standard InChI is InChI=1S/C20H31F2N3O3/c1-4-23-20(25(2)11-12-27-14-16-5-6-16)24-10-9-15-7-8-17(26-3)18(13-15)28-19(21)22/h7-8,13,16,19H,4-6,9-12,14H2,1-3H3,(H,23,24). The molecule has 0 saturated heterocycles. The maximum absolute atomic E-state index is 12.6. The third-order valence-electron chi connectivity index (χ3n) is 4.42. The van der Waals surface area contributed by atoms with E-state index >= 15 is 0 Å². The van der Waals surface area contributed by atoms with Crippen molar-refractivity contribution in [2.45, 2.75) is 32.8 Å². The van der Waals surface area contributed by atoms with Gasteiger partial charge in [-0.25, -0.2) is 0 Å². The molecule has 1 aliphatic rings. The van der Waals surface area contributed by atoms with E-state index in [0.29, 0.717) is 19.6 Å². The van der Waals surface area contributed by atoms with Crippen molar-refractivity contribution in [3.05, 3.63) is 23.8 Å². The number of nitrogens with one attached hydrogen (secondary N) is 1. The van der Waals surface area contributed by atoms with Gasteiger partial charge in [0.2, 0.25) is 0 Å². The molecule has 0 bridgehead atoms. The van der Waals surface area contributed by atoms with E-state index in [0.717, 1.165) is 37.1 Å². The highest BCUT2D eigenvalue weighted by Crippen LogP contribution is 2.30. The summed E-state index contributed by atoms with van der Waals surface area (Å²) in [6.45, 7) is 2.69. The van der Waals surface area contributed by atoms with E-state index in [4.69, 9.17) is 9.47 Å². The van der Waals surface area contributed by atoms with Crippen LogP contribution in [0, 0.1) is 5.92 Å². The zero-order valence-corrected chi connectivity index (χ0v) is 16.9. The number of rotatable bonds is 12. The van der Waals surface area contributed by atoms with Crippen molar-refractivity contribution in [2.24, 2.45) is 10.9 Å². The molecule has 0 heterocycles. The molecule has 28 heavy (non-hydrogen) atoms. The van der Waals surface area contributed by atoms with Gasteiger partial charge in [-0.15, -0.1) is 0 Å². The predicted molar refractivity (Wildman–Crippen MR) is 105 cm³/mol. The number of hydrogen-bond acceptors (Lipinski definition) is 4. The summed E-state index contributed by atoms with van der Waals surface area (Å²) in [7, 11) is 3.40. The largest absolute Gasteiger partial charge is 0.493 e. The smallest absolute Gasteiger partial charge is 0.387 e. The van der Waals surface area contributed by atoms with E-state index in [2.05, 4.69) is 15.0 Å². The Morgan fingerprint density at radius 3 is 2.75 bits per heavy atom. The quantitative estimate of drug-likeness (QED) is 0.332. The number of ether oxygens (including phenoxy) is 3. The van der Waals surface area contributed by atoms with Crippen molar-refractivity contribution >= 4 is 5.96 Å². The molecule has 8 heteroatoms. The molecule has 0 aliphatic heterocycles. The van der Waals surface area contributed by atoms with E-state index in [1.165, 1.54) is 20.0 Å². The van der Waals surface area contributed by atoms with E-state index in [1.807, 2.05) is 24.9 Å². The maximum Gasteiger partial charge on any atom is 0.387 e. The normalized spacial score (nSPS) is 14.3. The van der Waals surface area contributed by atoms with Crippen molar-refractivity contribution in [3.63, 3.8) is 0 Å². The van der Waals surface area contributed by atoms with Crippen LogP contribution in [-0.4, -0.2) is 64.5 Å². The Labute approximate surface area is 165 Å². The highest BCUT2D eigenvalue weighted by molar-refractivity contribution is 5.79. The van der Waals surface area contributed by atoms with Gasteiger partial charge in [0.15, 0.2) is 17.5 Å². The van der Waals surface area contributed by atoms with Gasteiger partial charge in [0.05, 0.1) is 13.7 Å². The van der Waals surface area contributed by atoms with Crippen LogP contribution in [0.1, 0.15) is 25.3 Å². The molecule has 0 radical (unpaired) electrons. The van der Waals surface area contributed by atoms with Crippen LogP contribution in [0.25, 0.3) is 0 Å². The molecule has 0 spiro atoms. The summed E-state index contributed by atoms with van der Waals surface area (Å²) < 4.78 is 40.4. The monoisotopic (exact) mass is 399 g/mol. The summed E-state index contributed by atoms with van der Waals surface area (Å²) in [6.07, 6.45) is 3.18. The Bertz CT molecular complexity index is 625. The molecule has 1 aromatic rings. The average molecular weight is 399 g/mol. The van der Waals surface area contributed by atoms with Gasteiger partial charge in [0.1, 0.15) is 0 Å². The van der Waals surface area contributed by atoms with Crippen LogP contribution in [0.2, 0.25) is 0 Å². The third-order valence-corrected chi connectivity index (χ3v) is 4.42.